The number of hydrogen-bond donors (Lipinski definition) is 1. The quantitative estimate of drug-likeness (QED) is 0.129. The molecule has 0 spiro atoms. The topological polar surface area (TPSA) is 60.2 Å². The molecule has 0 bridgehead atoms. The van der Waals surface area contributed by atoms with Gasteiger partial charge >= 0.3 is 6.92 Å². The van der Waals surface area contributed by atoms with Crippen molar-refractivity contribution in [3.05, 3.63) is 163 Å². The van der Waals surface area contributed by atoms with Gasteiger partial charge in [0.1, 0.15) is 5.82 Å². The van der Waals surface area contributed by atoms with Crippen LogP contribution in [0.4, 0.5) is 0 Å². The molecule has 0 aliphatic carbocycles. The summed E-state index contributed by atoms with van der Waals surface area (Å²) in [6.45, 7) is 5.63. The number of nitrogens with zero attached hydrogens (tertiary/aromatic N) is 3. The maximum absolute atomic E-state index is 12.1. The summed E-state index contributed by atoms with van der Waals surface area (Å²) in [7, 11) is 0. The average Bonchev–Trinajstić information content (AvgIpc) is 3.48. The minimum absolute atomic E-state index is 0. The Kier molecular flexibility index (Phi) is 9.48. The molecule has 0 fully saturated rings. The van der Waals surface area contributed by atoms with Gasteiger partial charge in [-0.15, -0.1) is 12.1 Å². The molecule has 0 radical (unpaired) electrons. The molecule has 8 aromatic rings. The van der Waals surface area contributed by atoms with Crippen LogP contribution in [0.25, 0.3) is 50.0 Å². The number of benzene rings is 5. The van der Waals surface area contributed by atoms with Crippen LogP contribution in [-0.2, 0) is 26.5 Å². The van der Waals surface area contributed by atoms with Crippen LogP contribution in [0.5, 0.6) is 11.6 Å². The number of hydrogen-bond acceptors (Lipinski definition) is 4. The van der Waals surface area contributed by atoms with Crippen LogP contribution in [0.2, 0.25) is 0 Å². The Morgan fingerprint density at radius 2 is 1.33 bits per heavy atom. The van der Waals surface area contributed by atoms with Crippen molar-refractivity contribution in [1.29, 1.82) is 0 Å². The van der Waals surface area contributed by atoms with Gasteiger partial charge in [-0.3, -0.25) is 4.57 Å². The Labute approximate surface area is 313 Å². The molecule has 0 aliphatic heterocycles. The summed E-state index contributed by atoms with van der Waals surface area (Å²) in [5.41, 5.74) is 8.32. The van der Waals surface area contributed by atoms with Crippen LogP contribution in [-0.4, -0.2) is 26.5 Å². The Morgan fingerprint density at radius 1 is 0.686 bits per heavy atom. The molecule has 3 heterocycles. The van der Waals surface area contributed by atoms with Crippen molar-refractivity contribution >= 4 is 39.8 Å². The Bertz CT molecular complexity index is 2420. The van der Waals surface area contributed by atoms with Gasteiger partial charge in [-0.2, -0.15) is 22.6 Å². The number of para-hydroxylation sites is 1. The molecule has 5 nitrogen and oxygen atoms in total. The standard InChI is InChI=1S/C44H35BN3O2.Pt/c1-44(2,3)32-26-27-46-40(28-32)48-39-23-11-10-20-37(39)38-24-25-41(47-43(38)48)50-34-19-12-18-33(29-34)45(49)42-35(30-14-6-4-7-15-30)21-13-22-36(42)31-16-8-5-9-17-31;/h4-28,49H,1-3H3;/q-1;. The summed E-state index contributed by atoms with van der Waals surface area (Å²) in [6, 6.07) is 51.9. The molecule has 0 amide bonds. The molecule has 0 unspecified atom stereocenters. The molecule has 0 saturated heterocycles. The molecule has 3 aromatic heterocycles. The Morgan fingerprint density at radius 3 is 2.02 bits per heavy atom. The van der Waals surface area contributed by atoms with Crippen LogP contribution in [0.15, 0.2) is 152 Å². The van der Waals surface area contributed by atoms with Crippen molar-refractivity contribution in [2.75, 3.05) is 0 Å². The Hall–Kier alpha value is -5.29. The molecular formula is C44H35BN3O2Pt-. The summed E-state index contributed by atoms with van der Waals surface area (Å²) < 4.78 is 8.50. The summed E-state index contributed by atoms with van der Waals surface area (Å²) in [6.07, 6.45) is 1.86. The second-order valence-electron chi connectivity index (χ2n) is 13.5. The van der Waals surface area contributed by atoms with E-state index in [1.165, 1.54) is 5.56 Å². The van der Waals surface area contributed by atoms with Gasteiger partial charge in [0.25, 0.3) is 0 Å². The summed E-state index contributed by atoms with van der Waals surface area (Å²) >= 11 is 0. The van der Waals surface area contributed by atoms with Crippen molar-refractivity contribution in [2.24, 2.45) is 0 Å². The van der Waals surface area contributed by atoms with Gasteiger partial charge in [0.05, 0.1) is 5.52 Å². The summed E-state index contributed by atoms with van der Waals surface area (Å²) in [5, 5.41) is 14.2. The Balaban J connectivity index is 0.00000406. The second-order valence-corrected chi connectivity index (χ2v) is 13.5. The first-order valence-electron chi connectivity index (χ1n) is 16.8. The minimum Gasteiger partial charge on any atom is -0.466 e. The van der Waals surface area contributed by atoms with Crippen LogP contribution >= 0.6 is 0 Å². The fourth-order valence-electron chi connectivity index (χ4n) is 6.67. The molecule has 51 heavy (non-hydrogen) atoms. The molecule has 7 heteroatoms. The SMILES string of the molecule is CC(C)(C)c1ccnc(-n2c3ccccc3c3ccc(Oc4[c-]c(B(O)c5c(-c6ccccc6)cccc5-c5ccccc5)ccc4)nc32)c1.[Pt]. The van der Waals surface area contributed by atoms with E-state index >= 15 is 0 Å². The van der Waals surface area contributed by atoms with Crippen molar-refractivity contribution in [2.45, 2.75) is 26.2 Å². The normalized spacial score (nSPS) is 11.4. The average molecular weight is 844 g/mol. The maximum Gasteiger partial charge on any atom is 0.334 e. The molecule has 5 aromatic carbocycles. The molecule has 0 saturated carbocycles. The molecule has 0 atom stereocenters. The van der Waals surface area contributed by atoms with E-state index in [-0.39, 0.29) is 26.5 Å². The van der Waals surface area contributed by atoms with Gasteiger partial charge in [-0.25, -0.2) is 4.98 Å². The largest absolute Gasteiger partial charge is 0.466 e. The zero-order valence-corrected chi connectivity index (χ0v) is 30.8. The number of aromatic nitrogens is 3. The second kappa shape index (κ2) is 14.1. The van der Waals surface area contributed by atoms with Gasteiger partial charge in [0.2, 0.25) is 5.88 Å². The van der Waals surface area contributed by atoms with Gasteiger partial charge in [-0.1, -0.05) is 118 Å². The van der Waals surface area contributed by atoms with Gasteiger partial charge in [-0.05, 0) is 63.0 Å². The van der Waals surface area contributed by atoms with Gasteiger partial charge in [0.15, 0.2) is 5.65 Å². The fraction of sp³-hybridized carbons (Fsp3) is 0.0909. The first kappa shape index (κ1) is 34.2. The van der Waals surface area contributed by atoms with Crippen molar-refractivity contribution in [3.63, 3.8) is 0 Å². The van der Waals surface area contributed by atoms with Crippen LogP contribution in [0, 0.1) is 6.07 Å². The van der Waals surface area contributed by atoms with E-state index in [9.17, 15) is 5.02 Å². The fourth-order valence-corrected chi connectivity index (χ4v) is 6.67. The van der Waals surface area contributed by atoms with E-state index in [0.29, 0.717) is 17.1 Å². The first-order valence-corrected chi connectivity index (χ1v) is 16.8. The maximum atomic E-state index is 12.1. The third-order valence-corrected chi connectivity index (χ3v) is 9.19. The summed E-state index contributed by atoms with van der Waals surface area (Å²) in [5.74, 6) is 1.68. The van der Waals surface area contributed by atoms with E-state index in [0.717, 1.165) is 55.5 Å². The number of fused-ring (bicyclic) bond motifs is 3. The van der Waals surface area contributed by atoms with Crippen LogP contribution < -0.4 is 15.7 Å². The van der Waals surface area contributed by atoms with E-state index in [4.69, 9.17) is 14.7 Å². The van der Waals surface area contributed by atoms with E-state index in [1.807, 2.05) is 91.1 Å². The van der Waals surface area contributed by atoms with E-state index in [2.05, 4.69) is 92.1 Å². The molecular weight excluding hydrogens is 808 g/mol. The van der Waals surface area contributed by atoms with E-state index < -0.39 is 6.92 Å². The number of ether oxygens (including phenoxy) is 1. The van der Waals surface area contributed by atoms with Crippen molar-refractivity contribution < 1.29 is 30.8 Å². The molecule has 1 N–H and O–H groups in total. The molecule has 252 valence electrons. The third kappa shape index (κ3) is 6.66. The number of rotatable bonds is 7. The summed E-state index contributed by atoms with van der Waals surface area (Å²) in [4.78, 5) is 9.81. The minimum atomic E-state index is -0.968. The zero-order chi connectivity index (χ0) is 34.2. The van der Waals surface area contributed by atoms with Gasteiger partial charge < -0.3 is 9.76 Å². The monoisotopic (exact) mass is 843 g/mol. The zero-order valence-electron chi connectivity index (χ0n) is 28.5. The third-order valence-electron chi connectivity index (χ3n) is 9.19. The molecule has 8 rings (SSSR count). The van der Waals surface area contributed by atoms with Crippen LogP contribution in [0.1, 0.15) is 26.3 Å². The van der Waals surface area contributed by atoms with Crippen molar-refractivity contribution in [1.82, 2.24) is 14.5 Å². The van der Waals surface area contributed by atoms with Crippen LogP contribution in [0.3, 0.4) is 0 Å². The van der Waals surface area contributed by atoms with Crippen molar-refractivity contribution in [3.8, 4) is 39.7 Å². The predicted octanol–water partition coefficient (Wildman–Crippen LogP) is 8.89. The smallest absolute Gasteiger partial charge is 0.334 e. The number of pyridine rings is 2. The van der Waals surface area contributed by atoms with E-state index in [1.54, 1.807) is 0 Å². The molecule has 0 aliphatic rings. The predicted molar refractivity (Wildman–Crippen MR) is 205 cm³/mol. The first-order chi connectivity index (χ1) is 24.3. The van der Waals surface area contributed by atoms with Gasteiger partial charge in [0, 0.05) is 49.9 Å².